The number of piperidine rings is 1. The van der Waals surface area contributed by atoms with Crippen LogP contribution in [0.25, 0.3) is 0 Å². The van der Waals surface area contributed by atoms with Crippen LogP contribution in [0.2, 0.25) is 0 Å². The molecule has 5 rings (SSSR count). The van der Waals surface area contributed by atoms with E-state index in [4.69, 9.17) is 14.2 Å². The Morgan fingerprint density at radius 3 is 2.55 bits per heavy atom. The summed E-state index contributed by atoms with van der Waals surface area (Å²) in [7, 11) is 0. The quantitative estimate of drug-likeness (QED) is 0.836. The Morgan fingerprint density at radius 2 is 1.83 bits per heavy atom. The lowest BCUT2D eigenvalue weighted by Gasteiger charge is -2.45. The number of benzene rings is 2. The zero-order valence-electron chi connectivity index (χ0n) is 16.9. The van der Waals surface area contributed by atoms with Gasteiger partial charge in [0.15, 0.2) is 11.5 Å². The molecule has 0 spiro atoms. The maximum absolute atomic E-state index is 11.4. The van der Waals surface area contributed by atoms with Crippen molar-refractivity contribution in [1.82, 2.24) is 4.90 Å². The van der Waals surface area contributed by atoms with Gasteiger partial charge in [0.05, 0.1) is 12.2 Å². The number of fused-ring (bicyclic) bond motifs is 3. The van der Waals surface area contributed by atoms with Gasteiger partial charge in [0, 0.05) is 18.6 Å². The molecule has 3 heterocycles. The van der Waals surface area contributed by atoms with Crippen molar-refractivity contribution in [1.29, 1.82) is 0 Å². The fourth-order valence-corrected chi connectivity index (χ4v) is 5.30. The standard InChI is InChI=1S/C24H29NO4/c1-2-27-21-9-6-10-22-23(21)29-20(16-28-22)15-25-18-11-12-19(25)14-24(26,13-18)17-7-4-3-5-8-17/h3-10,18-20,26H,2,11-16H2,1H3/t18?,19?,20-,24?/m0/s1. The van der Waals surface area contributed by atoms with E-state index in [2.05, 4.69) is 17.0 Å². The van der Waals surface area contributed by atoms with Crippen LogP contribution in [0.4, 0.5) is 0 Å². The van der Waals surface area contributed by atoms with Gasteiger partial charge in [-0.3, -0.25) is 4.90 Å². The van der Waals surface area contributed by atoms with Crippen LogP contribution in [0, 0.1) is 0 Å². The van der Waals surface area contributed by atoms with Gasteiger partial charge in [0.2, 0.25) is 5.75 Å². The number of hydrogen-bond donors (Lipinski definition) is 1. The highest BCUT2D eigenvalue weighted by molar-refractivity contribution is 5.52. The number of ether oxygens (including phenoxy) is 3. The Balaban J connectivity index is 1.29. The Hall–Kier alpha value is -2.24. The van der Waals surface area contributed by atoms with Crippen LogP contribution in [0.5, 0.6) is 17.2 Å². The number of nitrogens with zero attached hydrogens (tertiary/aromatic N) is 1. The summed E-state index contributed by atoms with van der Waals surface area (Å²) >= 11 is 0. The first-order chi connectivity index (χ1) is 14.2. The van der Waals surface area contributed by atoms with Crippen molar-refractivity contribution in [3.8, 4) is 17.2 Å². The van der Waals surface area contributed by atoms with Gasteiger partial charge in [-0.25, -0.2) is 0 Å². The van der Waals surface area contributed by atoms with E-state index in [9.17, 15) is 5.11 Å². The molecule has 5 nitrogen and oxygen atoms in total. The zero-order valence-corrected chi connectivity index (χ0v) is 16.9. The lowest BCUT2D eigenvalue weighted by atomic mass is 9.80. The summed E-state index contributed by atoms with van der Waals surface area (Å²) in [5, 5.41) is 11.4. The Morgan fingerprint density at radius 1 is 1.07 bits per heavy atom. The zero-order chi connectivity index (χ0) is 19.8. The molecule has 2 aromatic carbocycles. The molecule has 0 amide bonds. The van der Waals surface area contributed by atoms with Crippen molar-refractivity contribution in [2.24, 2.45) is 0 Å². The highest BCUT2D eigenvalue weighted by Crippen LogP contribution is 2.46. The van der Waals surface area contributed by atoms with Gasteiger partial charge in [0.1, 0.15) is 12.7 Å². The lowest BCUT2D eigenvalue weighted by Crippen LogP contribution is -2.53. The van der Waals surface area contributed by atoms with E-state index in [1.807, 2.05) is 43.3 Å². The predicted molar refractivity (Wildman–Crippen MR) is 111 cm³/mol. The maximum atomic E-state index is 11.4. The summed E-state index contributed by atoms with van der Waals surface area (Å²) < 4.78 is 18.0. The molecule has 3 atom stereocenters. The highest BCUT2D eigenvalue weighted by Gasteiger charge is 2.49. The Bertz CT molecular complexity index is 841. The molecular weight excluding hydrogens is 366 g/mol. The predicted octanol–water partition coefficient (Wildman–Crippen LogP) is 3.74. The van der Waals surface area contributed by atoms with Gasteiger partial charge in [-0.2, -0.15) is 0 Å². The van der Waals surface area contributed by atoms with E-state index in [1.54, 1.807) is 0 Å². The van der Waals surface area contributed by atoms with Gasteiger partial charge in [-0.05, 0) is 50.3 Å². The first-order valence-electron chi connectivity index (χ1n) is 10.8. The molecule has 0 aliphatic carbocycles. The molecule has 5 heteroatoms. The number of hydrogen-bond acceptors (Lipinski definition) is 5. The molecule has 2 saturated heterocycles. The molecule has 2 fully saturated rings. The van der Waals surface area contributed by atoms with Crippen molar-refractivity contribution in [2.45, 2.75) is 56.4 Å². The van der Waals surface area contributed by atoms with Gasteiger partial charge >= 0.3 is 0 Å². The first-order valence-corrected chi connectivity index (χ1v) is 10.8. The lowest BCUT2D eigenvalue weighted by molar-refractivity contribution is -0.0689. The molecule has 1 N–H and O–H groups in total. The fourth-order valence-electron chi connectivity index (χ4n) is 5.30. The minimum Gasteiger partial charge on any atom is -0.490 e. The van der Waals surface area contributed by atoms with Crippen molar-refractivity contribution in [3.63, 3.8) is 0 Å². The van der Waals surface area contributed by atoms with Crippen molar-refractivity contribution >= 4 is 0 Å². The van der Waals surface area contributed by atoms with Crippen LogP contribution in [0.1, 0.15) is 38.2 Å². The summed E-state index contributed by atoms with van der Waals surface area (Å²) in [5.41, 5.74) is 0.325. The van der Waals surface area contributed by atoms with Gasteiger partial charge in [0.25, 0.3) is 0 Å². The van der Waals surface area contributed by atoms with Crippen LogP contribution < -0.4 is 14.2 Å². The molecule has 3 aliphatic heterocycles. The molecule has 154 valence electrons. The summed E-state index contributed by atoms with van der Waals surface area (Å²) in [6, 6.07) is 16.7. The molecule has 3 aliphatic rings. The third kappa shape index (κ3) is 3.47. The summed E-state index contributed by atoms with van der Waals surface area (Å²) in [5.74, 6) is 2.22. The van der Waals surface area contributed by atoms with E-state index >= 15 is 0 Å². The topological polar surface area (TPSA) is 51.2 Å². The summed E-state index contributed by atoms with van der Waals surface area (Å²) in [6.45, 7) is 3.93. The molecule has 0 radical (unpaired) electrons. The van der Waals surface area contributed by atoms with Crippen LogP contribution in [-0.2, 0) is 5.60 Å². The highest BCUT2D eigenvalue weighted by atomic mass is 16.6. The van der Waals surface area contributed by atoms with Crippen molar-refractivity contribution in [3.05, 3.63) is 54.1 Å². The van der Waals surface area contributed by atoms with E-state index < -0.39 is 5.60 Å². The summed E-state index contributed by atoms with van der Waals surface area (Å²) in [6.07, 6.45) is 3.79. The van der Waals surface area contributed by atoms with Crippen LogP contribution in [0.3, 0.4) is 0 Å². The second-order valence-electron chi connectivity index (χ2n) is 8.45. The fraction of sp³-hybridized carbons (Fsp3) is 0.500. The molecule has 2 aromatic rings. The number of aliphatic hydroxyl groups is 1. The third-order valence-electron chi connectivity index (χ3n) is 6.60. The average Bonchev–Trinajstić information content (AvgIpc) is 2.99. The van der Waals surface area contributed by atoms with Crippen molar-refractivity contribution < 1.29 is 19.3 Å². The number of rotatable bonds is 5. The van der Waals surface area contributed by atoms with Crippen LogP contribution in [0.15, 0.2) is 48.5 Å². The van der Waals surface area contributed by atoms with E-state index in [-0.39, 0.29) is 6.10 Å². The van der Waals surface area contributed by atoms with Gasteiger partial charge in [-0.15, -0.1) is 0 Å². The molecule has 0 saturated carbocycles. The Kier molecular flexibility index (Phi) is 4.88. The molecule has 2 bridgehead atoms. The van der Waals surface area contributed by atoms with Crippen LogP contribution >= 0.6 is 0 Å². The normalized spacial score (nSPS) is 30.9. The van der Waals surface area contributed by atoms with Gasteiger partial charge < -0.3 is 19.3 Å². The first kappa shape index (κ1) is 18.8. The maximum Gasteiger partial charge on any atom is 0.204 e. The number of para-hydroxylation sites is 1. The van der Waals surface area contributed by atoms with Crippen LogP contribution in [-0.4, -0.2) is 48.0 Å². The van der Waals surface area contributed by atoms with E-state index in [0.717, 1.165) is 55.0 Å². The minimum absolute atomic E-state index is 0.0323. The molecule has 2 unspecified atom stereocenters. The molecular formula is C24H29NO4. The second-order valence-corrected chi connectivity index (χ2v) is 8.45. The van der Waals surface area contributed by atoms with Crippen molar-refractivity contribution in [2.75, 3.05) is 19.8 Å². The molecule has 0 aromatic heterocycles. The average molecular weight is 395 g/mol. The van der Waals surface area contributed by atoms with Gasteiger partial charge in [-0.1, -0.05) is 36.4 Å². The van der Waals surface area contributed by atoms with E-state index in [0.29, 0.717) is 25.3 Å². The SMILES string of the molecule is CCOc1cccc2c1O[C@@H](CN1C3CCC1CC(O)(c1ccccc1)C3)CO2. The summed E-state index contributed by atoms with van der Waals surface area (Å²) in [4.78, 5) is 2.54. The van der Waals surface area contributed by atoms with E-state index in [1.165, 1.54) is 0 Å². The minimum atomic E-state index is -0.720. The second kappa shape index (κ2) is 7.54. The third-order valence-corrected chi connectivity index (χ3v) is 6.60. The molecule has 29 heavy (non-hydrogen) atoms. The monoisotopic (exact) mass is 395 g/mol. The largest absolute Gasteiger partial charge is 0.490 e. The Labute approximate surface area is 172 Å². The smallest absolute Gasteiger partial charge is 0.204 e.